The van der Waals surface area contributed by atoms with E-state index >= 15 is 0 Å². The number of ether oxygens (including phenoxy) is 1. The Morgan fingerprint density at radius 1 is 1.04 bits per heavy atom. The number of carbonyl (C=O) groups is 2. The van der Waals surface area contributed by atoms with Gasteiger partial charge in [-0.1, -0.05) is 24.3 Å². The number of methoxy groups -OCH3 is 1. The minimum atomic E-state index is -0.160. The first-order valence-corrected chi connectivity index (χ1v) is 7.58. The van der Waals surface area contributed by atoms with E-state index in [2.05, 4.69) is 16.0 Å². The third kappa shape index (κ3) is 5.31. The number of para-hydroxylation sites is 2. The van der Waals surface area contributed by atoms with Crippen LogP contribution in [-0.2, 0) is 16.1 Å². The van der Waals surface area contributed by atoms with Crippen molar-refractivity contribution < 1.29 is 14.3 Å². The van der Waals surface area contributed by atoms with E-state index in [1.807, 2.05) is 36.4 Å². The Hall–Kier alpha value is -3.02. The van der Waals surface area contributed by atoms with Gasteiger partial charge in [0.1, 0.15) is 5.75 Å². The van der Waals surface area contributed by atoms with Crippen LogP contribution < -0.4 is 20.7 Å². The molecule has 0 unspecified atom stereocenters. The number of benzene rings is 2. The van der Waals surface area contributed by atoms with E-state index in [-0.39, 0.29) is 18.4 Å². The van der Waals surface area contributed by atoms with E-state index in [1.54, 1.807) is 19.2 Å². The molecule has 0 saturated carbocycles. The molecular formula is C18H21N3O3. The average molecular weight is 327 g/mol. The summed E-state index contributed by atoms with van der Waals surface area (Å²) in [5, 5.41) is 8.58. The monoisotopic (exact) mass is 327 g/mol. The number of amides is 2. The molecule has 2 rings (SSSR count). The molecule has 2 aromatic rings. The summed E-state index contributed by atoms with van der Waals surface area (Å²) in [4.78, 5) is 23.2. The molecule has 0 fully saturated rings. The second-order valence-electron chi connectivity index (χ2n) is 5.21. The van der Waals surface area contributed by atoms with Crippen molar-refractivity contribution in [3.8, 4) is 5.75 Å². The molecule has 0 radical (unpaired) electrons. The fourth-order valence-corrected chi connectivity index (χ4v) is 2.16. The fraction of sp³-hybridized carbons (Fsp3) is 0.222. The first kappa shape index (κ1) is 17.3. The van der Waals surface area contributed by atoms with Crippen molar-refractivity contribution in [2.24, 2.45) is 0 Å². The molecule has 0 bridgehead atoms. The van der Waals surface area contributed by atoms with Gasteiger partial charge in [-0.2, -0.15) is 0 Å². The van der Waals surface area contributed by atoms with Crippen LogP contribution in [0, 0.1) is 0 Å². The standard InChI is InChI=1S/C18H21N3O3/c1-13(22)21-17-9-4-3-8-16(17)19-12-18(23)20-11-14-6-5-7-15(10-14)24-2/h3-10,19H,11-12H2,1-2H3,(H,20,23)(H,21,22). The predicted octanol–water partition coefficient (Wildman–Crippen LogP) is 2.38. The second-order valence-corrected chi connectivity index (χ2v) is 5.21. The van der Waals surface area contributed by atoms with Gasteiger partial charge < -0.3 is 20.7 Å². The van der Waals surface area contributed by atoms with Crippen LogP contribution in [0.15, 0.2) is 48.5 Å². The summed E-state index contributed by atoms with van der Waals surface area (Å²) < 4.78 is 5.15. The zero-order valence-corrected chi connectivity index (χ0v) is 13.8. The van der Waals surface area contributed by atoms with Gasteiger partial charge in [0.05, 0.1) is 25.0 Å². The van der Waals surface area contributed by atoms with Crippen LogP contribution in [0.1, 0.15) is 12.5 Å². The van der Waals surface area contributed by atoms with Crippen molar-refractivity contribution in [2.45, 2.75) is 13.5 Å². The Kier molecular flexibility index (Phi) is 6.19. The van der Waals surface area contributed by atoms with Crippen molar-refractivity contribution in [3.63, 3.8) is 0 Å². The topological polar surface area (TPSA) is 79.5 Å². The van der Waals surface area contributed by atoms with Gasteiger partial charge in [-0.05, 0) is 29.8 Å². The van der Waals surface area contributed by atoms with Crippen LogP contribution in [-0.4, -0.2) is 25.5 Å². The molecule has 0 heterocycles. The van der Waals surface area contributed by atoms with E-state index in [4.69, 9.17) is 4.74 Å². The van der Waals surface area contributed by atoms with Crippen LogP contribution in [0.4, 0.5) is 11.4 Å². The Morgan fingerprint density at radius 2 is 1.79 bits per heavy atom. The van der Waals surface area contributed by atoms with Crippen LogP contribution in [0.25, 0.3) is 0 Å². The molecule has 2 amide bonds. The minimum Gasteiger partial charge on any atom is -0.497 e. The molecule has 0 spiro atoms. The smallest absolute Gasteiger partial charge is 0.239 e. The summed E-state index contributed by atoms with van der Waals surface area (Å²) in [5.41, 5.74) is 2.30. The Labute approximate surface area is 141 Å². The number of hydrogen-bond donors (Lipinski definition) is 3. The molecule has 126 valence electrons. The van der Waals surface area contributed by atoms with Crippen molar-refractivity contribution in [1.29, 1.82) is 0 Å². The molecule has 6 nitrogen and oxygen atoms in total. The maximum atomic E-state index is 12.0. The fourth-order valence-electron chi connectivity index (χ4n) is 2.16. The number of carbonyl (C=O) groups excluding carboxylic acids is 2. The van der Waals surface area contributed by atoms with Gasteiger partial charge in [-0.25, -0.2) is 0 Å². The van der Waals surface area contributed by atoms with Gasteiger partial charge in [-0.15, -0.1) is 0 Å². The molecule has 2 aromatic carbocycles. The first-order chi connectivity index (χ1) is 11.6. The Balaban J connectivity index is 1.86. The third-order valence-electron chi connectivity index (χ3n) is 3.30. The van der Waals surface area contributed by atoms with Crippen molar-refractivity contribution in [3.05, 3.63) is 54.1 Å². The summed E-state index contributed by atoms with van der Waals surface area (Å²) in [6.07, 6.45) is 0. The highest BCUT2D eigenvalue weighted by atomic mass is 16.5. The van der Waals surface area contributed by atoms with Crippen molar-refractivity contribution in [1.82, 2.24) is 5.32 Å². The molecule has 0 aliphatic heterocycles. The molecule has 0 aliphatic rings. The summed E-state index contributed by atoms with van der Waals surface area (Å²) in [6.45, 7) is 1.98. The summed E-state index contributed by atoms with van der Waals surface area (Å²) in [5.74, 6) is 0.450. The average Bonchev–Trinajstić information content (AvgIpc) is 2.59. The highest BCUT2D eigenvalue weighted by molar-refractivity contribution is 5.93. The van der Waals surface area contributed by atoms with Gasteiger partial charge in [0.15, 0.2) is 0 Å². The van der Waals surface area contributed by atoms with E-state index < -0.39 is 0 Å². The largest absolute Gasteiger partial charge is 0.497 e. The number of rotatable bonds is 7. The summed E-state index contributed by atoms with van der Waals surface area (Å²) in [7, 11) is 1.61. The van der Waals surface area contributed by atoms with Gasteiger partial charge in [-0.3, -0.25) is 9.59 Å². The van der Waals surface area contributed by atoms with E-state index in [0.29, 0.717) is 17.9 Å². The maximum absolute atomic E-state index is 12.0. The van der Waals surface area contributed by atoms with E-state index in [9.17, 15) is 9.59 Å². The number of anilines is 2. The highest BCUT2D eigenvalue weighted by Gasteiger charge is 2.06. The maximum Gasteiger partial charge on any atom is 0.239 e. The Bertz CT molecular complexity index is 716. The van der Waals surface area contributed by atoms with Gasteiger partial charge in [0.2, 0.25) is 11.8 Å². The molecule has 24 heavy (non-hydrogen) atoms. The quantitative estimate of drug-likeness (QED) is 0.729. The summed E-state index contributed by atoms with van der Waals surface area (Å²) >= 11 is 0. The zero-order chi connectivity index (χ0) is 17.4. The lowest BCUT2D eigenvalue weighted by atomic mass is 10.2. The number of nitrogens with one attached hydrogen (secondary N) is 3. The minimum absolute atomic E-state index is 0.112. The SMILES string of the molecule is COc1cccc(CNC(=O)CNc2ccccc2NC(C)=O)c1. The first-order valence-electron chi connectivity index (χ1n) is 7.58. The Morgan fingerprint density at radius 3 is 2.50 bits per heavy atom. The highest BCUT2D eigenvalue weighted by Crippen LogP contribution is 2.20. The lowest BCUT2D eigenvalue weighted by molar-refractivity contribution is -0.119. The normalized spacial score (nSPS) is 9.92. The second kappa shape index (κ2) is 8.57. The molecule has 3 N–H and O–H groups in total. The third-order valence-corrected chi connectivity index (χ3v) is 3.30. The van der Waals surface area contributed by atoms with Crippen LogP contribution in [0.5, 0.6) is 5.75 Å². The van der Waals surface area contributed by atoms with Crippen molar-refractivity contribution in [2.75, 3.05) is 24.3 Å². The van der Waals surface area contributed by atoms with Gasteiger partial charge in [0.25, 0.3) is 0 Å². The lowest BCUT2D eigenvalue weighted by Crippen LogP contribution is -2.29. The molecule has 0 aliphatic carbocycles. The summed E-state index contributed by atoms with van der Waals surface area (Å²) in [6, 6.07) is 14.8. The molecule has 6 heteroatoms. The lowest BCUT2D eigenvalue weighted by Gasteiger charge is -2.12. The zero-order valence-electron chi connectivity index (χ0n) is 13.8. The van der Waals surface area contributed by atoms with Crippen LogP contribution in [0.2, 0.25) is 0 Å². The molecule has 0 aromatic heterocycles. The van der Waals surface area contributed by atoms with E-state index in [1.165, 1.54) is 6.92 Å². The predicted molar refractivity (Wildman–Crippen MR) is 94.1 cm³/mol. The molecule has 0 atom stereocenters. The van der Waals surface area contributed by atoms with Gasteiger partial charge in [0, 0.05) is 13.5 Å². The van der Waals surface area contributed by atoms with Crippen molar-refractivity contribution >= 4 is 23.2 Å². The van der Waals surface area contributed by atoms with Crippen LogP contribution >= 0.6 is 0 Å². The molecule has 0 saturated heterocycles. The number of hydrogen-bond acceptors (Lipinski definition) is 4. The van der Waals surface area contributed by atoms with Gasteiger partial charge >= 0.3 is 0 Å². The van der Waals surface area contributed by atoms with E-state index in [0.717, 1.165) is 11.3 Å². The molecular weight excluding hydrogens is 306 g/mol. The van der Waals surface area contributed by atoms with Crippen LogP contribution in [0.3, 0.4) is 0 Å².